The standard InChI is InChI=1S/C19H16N2O3S/c1-24-15-9-7-13(8-10-15)11-16-17(22)20-19(25)21(18(16)23)12-14-5-3-2-4-6-14/h2-11H,12H2,1H3,(H,20,22,25)/b16-11+. The Morgan fingerprint density at radius 1 is 1.08 bits per heavy atom. The van der Waals surface area contributed by atoms with E-state index in [4.69, 9.17) is 17.0 Å². The molecule has 5 nitrogen and oxygen atoms in total. The Morgan fingerprint density at radius 3 is 2.40 bits per heavy atom. The van der Waals surface area contributed by atoms with Gasteiger partial charge in [0.1, 0.15) is 11.3 Å². The van der Waals surface area contributed by atoms with E-state index < -0.39 is 11.8 Å². The van der Waals surface area contributed by atoms with Crippen molar-refractivity contribution < 1.29 is 14.3 Å². The predicted octanol–water partition coefficient (Wildman–Crippen LogP) is 2.52. The van der Waals surface area contributed by atoms with Gasteiger partial charge in [-0.2, -0.15) is 0 Å². The van der Waals surface area contributed by atoms with Gasteiger partial charge in [0.05, 0.1) is 13.7 Å². The average molecular weight is 352 g/mol. The fraction of sp³-hybridized carbons (Fsp3) is 0.105. The zero-order valence-electron chi connectivity index (χ0n) is 13.6. The van der Waals surface area contributed by atoms with Crippen LogP contribution in [0.1, 0.15) is 11.1 Å². The monoisotopic (exact) mass is 352 g/mol. The van der Waals surface area contributed by atoms with Crippen molar-refractivity contribution in [1.29, 1.82) is 0 Å². The summed E-state index contributed by atoms with van der Waals surface area (Å²) in [6.07, 6.45) is 1.55. The number of nitrogens with one attached hydrogen (secondary N) is 1. The van der Waals surface area contributed by atoms with E-state index >= 15 is 0 Å². The lowest BCUT2D eigenvalue weighted by molar-refractivity contribution is -0.129. The van der Waals surface area contributed by atoms with Gasteiger partial charge in [-0.25, -0.2) is 0 Å². The zero-order valence-corrected chi connectivity index (χ0v) is 14.4. The van der Waals surface area contributed by atoms with Crippen LogP contribution in [-0.4, -0.2) is 28.9 Å². The van der Waals surface area contributed by atoms with E-state index in [1.807, 2.05) is 30.3 Å². The van der Waals surface area contributed by atoms with Gasteiger partial charge < -0.3 is 4.74 Å². The highest BCUT2D eigenvalue weighted by Gasteiger charge is 2.33. The van der Waals surface area contributed by atoms with Crippen molar-refractivity contribution in [3.63, 3.8) is 0 Å². The lowest BCUT2D eigenvalue weighted by Crippen LogP contribution is -2.53. The number of hydrogen-bond donors (Lipinski definition) is 1. The molecule has 0 unspecified atom stereocenters. The Kier molecular flexibility index (Phi) is 4.90. The third-order valence-electron chi connectivity index (χ3n) is 3.80. The van der Waals surface area contributed by atoms with Crippen LogP contribution in [-0.2, 0) is 16.1 Å². The first-order chi connectivity index (χ1) is 12.1. The summed E-state index contributed by atoms with van der Waals surface area (Å²) in [6, 6.07) is 16.6. The van der Waals surface area contributed by atoms with Gasteiger partial charge in [-0.3, -0.25) is 19.8 Å². The van der Waals surface area contributed by atoms with Crippen LogP contribution in [0.2, 0.25) is 0 Å². The molecule has 0 saturated carbocycles. The lowest BCUT2D eigenvalue weighted by atomic mass is 10.1. The molecule has 126 valence electrons. The van der Waals surface area contributed by atoms with E-state index in [1.54, 1.807) is 37.5 Å². The third kappa shape index (κ3) is 3.75. The van der Waals surface area contributed by atoms with Crippen LogP contribution in [0.4, 0.5) is 0 Å². The van der Waals surface area contributed by atoms with E-state index in [0.29, 0.717) is 12.3 Å². The molecular weight excluding hydrogens is 336 g/mol. The summed E-state index contributed by atoms with van der Waals surface area (Å²) >= 11 is 5.16. The molecule has 25 heavy (non-hydrogen) atoms. The van der Waals surface area contributed by atoms with Gasteiger partial charge in [-0.1, -0.05) is 42.5 Å². The number of rotatable bonds is 4. The maximum Gasteiger partial charge on any atom is 0.265 e. The Hall–Kier alpha value is -2.99. The van der Waals surface area contributed by atoms with Crippen molar-refractivity contribution in [3.8, 4) is 5.75 Å². The molecule has 0 bridgehead atoms. The van der Waals surface area contributed by atoms with Crippen molar-refractivity contribution in [2.45, 2.75) is 6.54 Å². The Labute approximate surface area is 150 Å². The van der Waals surface area contributed by atoms with E-state index in [0.717, 1.165) is 11.1 Å². The number of ether oxygens (including phenoxy) is 1. The molecule has 0 spiro atoms. The van der Waals surface area contributed by atoms with E-state index in [2.05, 4.69) is 5.32 Å². The highest BCUT2D eigenvalue weighted by Crippen LogP contribution is 2.19. The number of carbonyl (C=O) groups is 2. The minimum atomic E-state index is -0.491. The summed E-state index contributed by atoms with van der Waals surface area (Å²) in [6.45, 7) is 0.304. The Morgan fingerprint density at radius 2 is 1.76 bits per heavy atom. The summed E-state index contributed by atoms with van der Waals surface area (Å²) in [4.78, 5) is 26.4. The molecule has 2 aromatic rings. The van der Waals surface area contributed by atoms with Crippen LogP contribution < -0.4 is 10.1 Å². The molecule has 1 saturated heterocycles. The first-order valence-electron chi connectivity index (χ1n) is 7.65. The van der Waals surface area contributed by atoms with Gasteiger partial charge in [-0.15, -0.1) is 0 Å². The Bertz CT molecular complexity index is 845. The SMILES string of the molecule is COc1ccc(/C=C2\C(=O)NC(=S)N(Cc3ccccc3)C2=O)cc1. The normalized spacial score (nSPS) is 16.1. The summed E-state index contributed by atoms with van der Waals surface area (Å²) in [7, 11) is 1.58. The van der Waals surface area contributed by atoms with Gasteiger partial charge in [0.25, 0.3) is 11.8 Å². The molecule has 0 aliphatic carbocycles. The summed E-state index contributed by atoms with van der Waals surface area (Å²) in [5.41, 5.74) is 1.71. The van der Waals surface area contributed by atoms with Crippen LogP contribution in [0, 0.1) is 0 Å². The smallest absolute Gasteiger partial charge is 0.265 e. The minimum Gasteiger partial charge on any atom is -0.497 e. The number of methoxy groups -OCH3 is 1. The van der Waals surface area contributed by atoms with Crippen molar-refractivity contribution in [3.05, 3.63) is 71.3 Å². The van der Waals surface area contributed by atoms with Crippen molar-refractivity contribution in [2.75, 3.05) is 7.11 Å². The Balaban J connectivity index is 1.87. The molecule has 1 aliphatic heterocycles. The first kappa shape index (κ1) is 16.9. The molecule has 0 radical (unpaired) electrons. The molecule has 1 aliphatic rings. The molecule has 2 aromatic carbocycles. The maximum absolute atomic E-state index is 12.8. The highest BCUT2D eigenvalue weighted by atomic mass is 32.1. The van der Waals surface area contributed by atoms with Crippen LogP contribution in [0.15, 0.2) is 60.2 Å². The quantitative estimate of drug-likeness (QED) is 0.522. The number of benzene rings is 2. The van der Waals surface area contributed by atoms with Gasteiger partial charge in [0.15, 0.2) is 5.11 Å². The molecule has 0 atom stereocenters. The lowest BCUT2D eigenvalue weighted by Gasteiger charge is -2.29. The highest BCUT2D eigenvalue weighted by molar-refractivity contribution is 7.80. The largest absolute Gasteiger partial charge is 0.497 e. The van der Waals surface area contributed by atoms with Crippen LogP contribution in [0.25, 0.3) is 6.08 Å². The predicted molar refractivity (Wildman–Crippen MR) is 98.7 cm³/mol. The number of nitrogens with zero attached hydrogens (tertiary/aromatic N) is 1. The molecular formula is C19H16N2O3S. The number of amides is 2. The van der Waals surface area contributed by atoms with Crippen LogP contribution >= 0.6 is 12.2 Å². The molecule has 2 amide bonds. The molecule has 1 N–H and O–H groups in total. The van der Waals surface area contributed by atoms with E-state index in [1.165, 1.54) is 4.90 Å². The van der Waals surface area contributed by atoms with Gasteiger partial charge in [-0.05, 0) is 41.6 Å². The molecule has 1 heterocycles. The van der Waals surface area contributed by atoms with Gasteiger partial charge in [0.2, 0.25) is 0 Å². The molecule has 6 heteroatoms. The summed E-state index contributed by atoms with van der Waals surface area (Å²) < 4.78 is 5.11. The average Bonchev–Trinajstić information content (AvgIpc) is 2.63. The van der Waals surface area contributed by atoms with Gasteiger partial charge in [0, 0.05) is 0 Å². The maximum atomic E-state index is 12.8. The number of carbonyl (C=O) groups excluding carboxylic acids is 2. The van der Waals surface area contributed by atoms with Crippen LogP contribution in [0.5, 0.6) is 5.75 Å². The fourth-order valence-corrected chi connectivity index (χ4v) is 2.71. The van der Waals surface area contributed by atoms with E-state index in [-0.39, 0.29) is 10.7 Å². The second kappa shape index (κ2) is 7.27. The first-order valence-corrected chi connectivity index (χ1v) is 8.06. The van der Waals surface area contributed by atoms with Gasteiger partial charge >= 0.3 is 0 Å². The minimum absolute atomic E-state index is 0.0506. The summed E-state index contributed by atoms with van der Waals surface area (Å²) in [5, 5.41) is 2.69. The molecule has 0 aromatic heterocycles. The molecule has 3 rings (SSSR count). The fourth-order valence-electron chi connectivity index (χ4n) is 2.47. The van der Waals surface area contributed by atoms with Crippen molar-refractivity contribution in [2.24, 2.45) is 0 Å². The zero-order chi connectivity index (χ0) is 17.8. The second-order valence-corrected chi connectivity index (χ2v) is 5.85. The third-order valence-corrected chi connectivity index (χ3v) is 4.12. The summed E-state index contributed by atoms with van der Waals surface area (Å²) in [5.74, 6) is -0.197. The van der Waals surface area contributed by atoms with Crippen LogP contribution in [0.3, 0.4) is 0 Å². The van der Waals surface area contributed by atoms with Crippen molar-refractivity contribution >= 4 is 35.2 Å². The second-order valence-electron chi connectivity index (χ2n) is 5.47. The van der Waals surface area contributed by atoms with Crippen molar-refractivity contribution in [1.82, 2.24) is 10.2 Å². The number of thiocarbonyl (C=S) groups is 1. The molecule has 1 fully saturated rings. The number of hydrogen-bond acceptors (Lipinski definition) is 4. The van der Waals surface area contributed by atoms with E-state index in [9.17, 15) is 9.59 Å². The topological polar surface area (TPSA) is 58.6 Å².